The van der Waals surface area contributed by atoms with E-state index in [0.717, 1.165) is 24.1 Å². The van der Waals surface area contributed by atoms with Crippen LogP contribution in [0.1, 0.15) is 15.9 Å². The van der Waals surface area contributed by atoms with E-state index in [-0.39, 0.29) is 5.91 Å². The van der Waals surface area contributed by atoms with Crippen molar-refractivity contribution in [3.63, 3.8) is 0 Å². The van der Waals surface area contributed by atoms with E-state index in [1.54, 1.807) is 6.07 Å². The summed E-state index contributed by atoms with van der Waals surface area (Å²) in [5.74, 6) is 0.0306. The fourth-order valence-corrected chi connectivity index (χ4v) is 1.30. The third-order valence-corrected chi connectivity index (χ3v) is 1.88. The zero-order valence-electron chi connectivity index (χ0n) is 6.05. The molecule has 2 rings (SSSR count). The number of hydrogen-bond acceptors (Lipinski definition) is 1. The molecular weight excluding hydrogens is 138 g/mol. The fourth-order valence-electron chi connectivity index (χ4n) is 1.30. The van der Waals surface area contributed by atoms with Gasteiger partial charge in [-0.25, -0.2) is 0 Å². The Labute approximate surface area is 65.2 Å². The minimum absolute atomic E-state index is 0.0306. The zero-order chi connectivity index (χ0) is 7.68. The van der Waals surface area contributed by atoms with Crippen molar-refractivity contribution >= 4 is 5.91 Å². The van der Waals surface area contributed by atoms with Crippen LogP contribution >= 0.6 is 0 Å². The first-order valence-corrected chi connectivity index (χ1v) is 3.65. The number of benzene rings is 1. The van der Waals surface area contributed by atoms with Crippen LogP contribution in [0.4, 0.5) is 0 Å². The molecule has 0 saturated carbocycles. The Morgan fingerprint density at radius 2 is 2.45 bits per heavy atom. The topological polar surface area (TPSA) is 29.1 Å². The SMILES string of the molecule is O=C1NCCc2cc[c]cc21. The van der Waals surface area contributed by atoms with Gasteiger partial charge < -0.3 is 5.32 Å². The summed E-state index contributed by atoms with van der Waals surface area (Å²) in [5, 5.41) is 2.78. The van der Waals surface area contributed by atoms with E-state index in [1.807, 2.05) is 12.1 Å². The van der Waals surface area contributed by atoms with Crippen molar-refractivity contribution in [1.82, 2.24) is 5.32 Å². The largest absolute Gasteiger partial charge is 0.352 e. The van der Waals surface area contributed by atoms with Crippen molar-refractivity contribution in [3.8, 4) is 0 Å². The Morgan fingerprint density at radius 3 is 3.27 bits per heavy atom. The van der Waals surface area contributed by atoms with Crippen molar-refractivity contribution in [2.24, 2.45) is 0 Å². The standard InChI is InChI=1S/C9H8NO/c11-9-8-4-2-1-3-7(8)5-6-10-9/h1,3-4H,5-6H2,(H,10,11). The highest BCUT2D eigenvalue weighted by molar-refractivity contribution is 5.96. The molecule has 1 aliphatic heterocycles. The summed E-state index contributed by atoms with van der Waals surface area (Å²) < 4.78 is 0. The minimum Gasteiger partial charge on any atom is -0.352 e. The summed E-state index contributed by atoms with van der Waals surface area (Å²) in [5.41, 5.74) is 1.91. The van der Waals surface area contributed by atoms with Gasteiger partial charge in [-0.05, 0) is 24.1 Å². The van der Waals surface area contributed by atoms with Gasteiger partial charge in [0.2, 0.25) is 0 Å². The van der Waals surface area contributed by atoms with Gasteiger partial charge >= 0.3 is 0 Å². The molecule has 1 N–H and O–H groups in total. The molecule has 55 valence electrons. The van der Waals surface area contributed by atoms with Crippen LogP contribution in [-0.4, -0.2) is 12.5 Å². The molecule has 2 nitrogen and oxygen atoms in total. The van der Waals surface area contributed by atoms with Gasteiger partial charge in [-0.3, -0.25) is 4.79 Å². The highest BCUT2D eigenvalue weighted by Gasteiger charge is 2.14. The molecule has 11 heavy (non-hydrogen) atoms. The lowest BCUT2D eigenvalue weighted by atomic mass is 10.0. The Balaban J connectivity index is 2.52. The third kappa shape index (κ3) is 1.00. The third-order valence-electron chi connectivity index (χ3n) is 1.88. The van der Waals surface area contributed by atoms with Gasteiger partial charge in [-0.15, -0.1) is 0 Å². The van der Waals surface area contributed by atoms with Crippen molar-refractivity contribution < 1.29 is 4.79 Å². The smallest absolute Gasteiger partial charge is 0.251 e. The number of nitrogens with one attached hydrogen (secondary N) is 1. The summed E-state index contributed by atoms with van der Waals surface area (Å²) in [7, 11) is 0. The first kappa shape index (κ1) is 6.40. The molecule has 1 aromatic carbocycles. The molecule has 1 aromatic rings. The first-order chi connectivity index (χ1) is 5.38. The Hall–Kier alpha value is -1.31. The number of rotatable bonds is 0. The fraction of sp³-hybridized carbons (Fsp3) is 0.222. The van der Waals surface area contributed by atoms with Crippen LogP contribution in [0, 0.1) is 6.07 Å². The molecule has 0 saturated heterocycles. The molecule has 0 atom stereocenters. The van der Waals surface area contributed by atoms with Crippen molar-refractivity contribution in [2.75, 3.05) is 6.54 Å². The molecule has 1 radical (unpaired) electrons. The number of carbonyl (C=O) groups excluding carboxylic acids is 1. The van der Waals surface area contributed by atoms with Crippen LogP contribution in [0.3, 0.4) is 0 Å². The summed E-state index contributed by atoms with van der Waals surface area (Å²) in [6.07, 6.45) is 0.940. The van der Waals surface area contributed by atoms with Gasteiger partial charge in [0, 0.05) is 12.1 Å². The van der Waals surface area contributed by atoms with Gasteiger partial charge in [0.25, 0.3) is 5.91 Å². The summed E-state index contributed by atoms with van der Waals surface area (Å²) >= 11 is 0. The maximum atomic E-state index is 11.2. The van der Waals surface area contributed by atoms with Crippen LogP contribution < -0.4 is 5.32 Å². The first-order valence-electron chi connectivity index (χ1n) is 3.65. The zero-order valence-corrected chi connectivity index (χ0v) is 6.05. The Bertz CT molecular complexity index is 293. The highest BCUT2D eigenvalue weighted by atomic mass is 16.1. The van der Waals surface area contributed by atoms with Crippen molar-refractivity contribution in [2.45, 2.75) is 6.42 Å². The van der Waals surface area contributed by atoms with Gasteiger partial charge in [-0.1, -0.05) is 12.1 Å². The average molecular weight is 146 g/mol. The number of fused-ring (bicyclic) bond motifs is 1. The number of amides is 1. The van der Waals surface area contributed by atoms with Gasteiger partial charge in [-0.2, -0.15) is 0 Å². The summed E-state index contributed by atoms with van der Waals surface area (Å²) in [6.45, 7) is 0.760. The second kappa shape index (κ2) is 2.38. The van der Waals surface area contributed by atoms with E-state index in [1.165, 1.54) is 0 Å². The normalized spacial score (nSPS) is 15.5. The second-order valence-corrected chi connectivity index (χ2v) is 2.59. The van der Waals surface area contributed by atoms with Crippen LogP contribution in [0.25, 0.3) is 0 Å². The van der Waals surface area contributed by atoms with E-state index in [9.17, 15) is 4.79 Å². The molecule has 0 fully saturated rings. The molecule has 0 spiro atoms. The molecule has 1 heterocycles. The minimum atomic E-state index is 0.0306. The van der Waals surface area contributed by atoms with Gasteiger partial charge in [0.05, 0.1) is 0 Å². The molecule has 0 aliphatic carbocycles. The van der Waals surface area contributed by atoms with Crippen LogP contribution in [0.5, 0.6) is 0 Å². The molecule has 1 aliphatic rings. The monoisotopic (exact) mass is 146 g/mol. The Morgan fingerprint density at radius 1 is 1.55 bits per heavy atom. The molecular formula is C9H8NO. The van der Waals surface area contributed by atoms with Crippen LogP contribution in [0.15, 0.2) is 18.2 Å². The van der Waals surface area contributed by atoms with E-state index >= 15 is 0 Å². The van der Waals surface area contributed by atoms with Gasteiger partial charge in [0.1, 0.15) is 0 Å². The lowest BCUT2D eigenvalue weighted by Gasteiger charge is -2.14. The highest BCUT2D eigenvalue weighted by Crippen LogP contribution is 2.11. The van der Waals surface area contributed by atoms with E-state index in [4.69, 9.17) is 0 Å². The van der Waals surface area contributed by atoms with E-state index in [0.29, 0.717) is 0 Å². The molecule has 0 aromatic heterocycles. The van der Waals surface area contributed by atoms with Gasteiger partial charge in [0.15, 0.2) is 0 Å². The lowest BCUT2D eigenvalue weighted by molar-refractivity contribution is 0.0946. The molecule has 1 amide bonds. The molecule has 0 bridgehead atoms. The quantitative estimate of drug-likeness (QED) is 0.575. The second-order valence-electron chi connectivity index (χ2n) is 2.59. The van der Waals surface area contributed by atoms with E-state index < -0.39 is 0 Å². The maximum Gasteiger partial charge on any atom is 0.251 e. The molecule has 2 heteroatoms. The van der Waals surface area contributed by atoms with Crippen LogP contribution in [0.2, 0.25) is 0 Å². The number of hydrogen-bond donors (Lipinski definition) is 1. The summed E-state index contributed by atoms with van der Waals surface area (Å²) in [6, 6.07) is 8.43. The predicted octanol–water partition coefficient (Wildman–Crippen LogP) is 0.773. The van der Waals surface area contributed by atoms with Crippen LogP contribution in [-0.2, 0) is 6.42 Å². The molecule has 0 unspecified atom stereocenters. The predicted molar refractivity (Wildman–Crippen MR) is 41.3 cm³/mol. The van der Waals surface area contributed by atoms with E-state index in [2.05, 4.69) is 11.4 Å². The number of carbonyl (C=O) groups is 1. The van der Waals surface area contributed by atoms with Crippen molar-refractivity contribution in [3.05, 3.63) is 35.4 Å². The van der Waals surface area contributed by atoms with Crippen molar-refractivity contribution in [1.29, 1.82) is 0 Å². The summed E-state index contributed by atoms with van der Waals surface area (Å²) in [4.78, 5) is 11.2. The maximum absolute atomic E-state index is 11.2. The Kier molecular flexibility index (Phi) is 1.39. The lowest BCUT2D eigenvalue weighted by Crippen LogP contribution is -2.31. The average Bonchev–Trinajstić information content (AvgIpc) is 2.06.